The van der Waals surface area contributed by atoms with Gasteiger partial charge in [-0.3, -0.25) is 4.79 Å². The second kappa shape index (κ2) is 16.6. The Kier molecular flexibility index (Phi) is 13.5. The van der Waals surface area contributed by atoms with Gasteiger partial charge in [0.2, 0.25) is 5.91 Å². The van der Waals surface area contributed by atoms with Crippen LogP contribution in [0, 0.1) is 17.8 Å². The average Bonchev–Trinajstić information content (AvgIpc) is 2.95. The Morgan fingerprint density at radius 3 is 2.58 bits per heavy atom. The number of amides is 3. The maximum absolute atomic E-state index is 13.7. The lowest BCUT2D eigenvalue weighted by Gasteiger charge is -2.47. The Morgan fingerprint density at radius 1 is 1.12 bits per heavy atom. The Hall–Kier alpha value is -1.83. The molecule has 226 valence electrons. The largest absolute Gasteiger partial charge is 0.385 e. The summed E-state index contributed by atoms with van der Waals surface area (Å²) < 4.78 is 5.33. The average molecular weight is 577 g/mol. The van der Waals surface area contributed by atoms with Gasteiger partial charge in [-0.15, -0.1) is 0 Å². The number of nitrogens with zero attached hydrogens (tertiary/aromatic N) is 1. The van der Waals surface area contributed by atoms with Crippen molar-refractivity contribution in [3.05, 3.63) is 34.9 Å². The number of urea groups is 1. The number of halogens is 1. The molecule has 1 aliphatic heterocycles. The first kappa shape index (κ1) is 32.7. The van der Waals surface area contributed by atoms with Crippen LogP contribution in [0.1, 0.15) is 90.0 Å². The fraction of sp³-hybridized carbons (Fsp3) is 0.750. The van der Waals surface area contributed by atoms with Gasteiger partial charge in [0.15, 0.2) is 0 Å². The number of ether oxygens (including phenoxy) is 1. The van der Waals surface area contributed by atoms with Gasteiger partial charge in [-0.05, 0) is 69.2 Å². The minimum atomic E-state index is -0.620. The first-order chi connectivity index (χ1) is 19.3. The van der Waals surface area contributed by atoms with Crippen molar-refractivity contribution in [2.24, 2.45) is 17.8 Å². The molecule has 1 aliphatic carbocycles. The van der Waals surface area contributed by atoms with Gasteiger partial charge in [0.1, 0.15) is 0 Å². The van der Waals surface area contributed by atoms with Crippen LogP contribution < -0.4 is 16.0 Å². The fourth-order valence-corrected chi connectivity index (χ4v) is 6.89. The minimum Gasteiger partial charge on any atom is -0.385 e. The molecule has 7 nitrogen and oxygen atoms in total. The van der Waals surface area contributed by atoms with E-state index in [0.29, 0.717) is 24.1 Å². The van der Waals surface area contributed by atoms with Crippen LogP contribution in [0.4, 0.5) is 4.79 Å². The van der Waals surface area contributed by atoms with Gasteiger partial charge in [-0.25, -0.2) is 4.79 Å². The van der Waals surface area contributed by atoms with Gasteiger partial charge in [-0.2, -0.15) is 0 Å². The Balaban J connectivity index is 1.84. The van der Waals surface area contributed by atoms with E-state index in [-0.39, 0.29) is 29.8 Å². The molecule has 3 atom stereocenters. The second-order valence-electron chi connectivity index (χ2n) is 12.3. The highest BCUT2D eigenvalue weighted by atomic mass is 35.5. The monoisotopic (exact) mass is 576 g/mol. The van der Waals surface area contributed by atoms with Crippen LogP contribution in [0.5, 0.6) is 0 Å². The van der Waals surface area contributed by atoms with E-state index in [4.69, 9.17) is 16.3 Å². The van der Waals surface area contributed by atoms with Crippen molar-refractivity contribution >= 4 is 23.5 Å². The van der Waals surface area contributed by atoms with E-state index in [1.807, 2.05) is 44.0 Å². The molecule has 0 bridgehead atoms. The first-order valence-electron chi connectivity index (χ1n) is 15.6. The topological polar surface area (TPSA) is 82.7 Å². The number of hydrogen-bond donors (Lipinski definition) is 3. The molecule has 1 aromatic rings. The molecule has 40 heavy (non-hydrogen) atoms. The summed E-state index contributed by atoms with van der Waals surface area (Å²) in [5.74, 6) is 0.629. The number of unbranched alkanes of at least 4 members (excludes halogenated alkanes) is 1. The first-order valence-corrected chi connectivity index (χ1v) is 15.9. The smallest absolute Gasteiger partial charge is 0.317 e. The van der Waals surface area contributed by atoms with E-state index in [2.05, 4.69) is 22.0 Å². The van der Waals surface area contributed by atoms with Crippen molar-refractivity contribution in [3.63, 3.8) is 0 Å². The molecule has 3 amide bonds. The fourth-order valence-electron chi connectivity index (χ4n) is 6.70. The van der Waals surface area contributed by atoms with Gasteiger partial charge >= 0.3 is 6.03 Å². The molecule has 0 aromatic heterocycles. The van der Waals surface area contributed by atoms with E-state index >= 15 is 0 Å². The zero-order chi connectivity index (χ0) is 29.0. The van der Waals surface area contributed by atoms with Crippen molar-refractivity contribution in [2.75, 3.05) is 40.4 Å². The van der Waals surface area contributed by atoms with Crippen LogP contribution >= 0.6 is 11.6 Å². The number of hydrogen-bond acceptors (Lipinski definition) is 4. The van der Waals surface area contributed by atoms with Crippen molar-refractivity contribution in [2.45, 2.75) is 96.1 Å². The molecule has 3 N–H and O–H groups in total. The third-order valence-electron chi connectivity index (χ3n) is 8.91. The molecule has 1 saturated carbocycles. The van der Waals surface area contributed by atoms with Gasteiger partial charge in [0.25, 0.3) is 0 Å². The Bertz CT molecular complexity index is 923. The standard InChI is InChI=1S/C32H53ClN4O3/c1-24(2)30(38)36-32(17-8-9-19-40-4,26-14-10-16-28(33)21-26)27-15-11-18-37(23-27)31(39)35-29(22-34-3)20-25-12-6-5-7-13-25/h10,14,16,21,24-25,27,29,34H,5-9,11-13,15,17-20,22-23H2,1-4H3,(H,35,39)(H,36,38)/t27-,29+,32-/m1/s1. The highest BCUT2D eigenvalue weighted by Gasteiger charge is 2.44. The number of piperidine rings is 1. The van der Waals surface area contributed by atoms with Gasteiger partial charge in [0, 0.05) is 56.3 Å². The number of benzene rings is 1. The van der Waals surface area contributed by atoms with Crippen LogP contribution in [-0.2, 0) is 15.1 Å². The second-order valence-corrected chi connectivity index (χ2v) is 12.7. The van der Waals surface area contributed by atoms with E-state index < -0.39 is 5.54 Å². The summed E-state index contributed by atoms with van der Waals surface area (Å²) in [5, 5.41) is 10.8. The minimum absolute atomic E-state index is 0.00956. The SMILES string of the molecule is CNC[C@H](CC1CCCCC1)NC(=O)N1CCC[C@@H]([C@](CCCCOC)(NC(=O)C(C)C)c2cccc(Cl)c2)C1. The van der Waals surface area contributed by atoms with Crippen molar-refractivity contribution in [1.82, 2.24) is 20.9 Å². The number of carbonyl (C=O) groups excluding carboxylic acids is 2. The number of likely N-dealkylation sites (N-methyl/N-ethyl adjacent to an activating group) is 1. The molecule has 1 aromatic carbocycles. The molecule has 1 heterocycles. The third kappa shape index (κ3) is 9.35. The molecule has 8 heteroatoms. The van der Waals surface area contributed by atoms with Crippen LogP contribution in [0.2, 0.25) is 5.02 Å². The number of rotatable bonds is 14. The van der Waals surface area contributed by atoms with Gasteiger partial charge in [0.05, 0.1) is 5.54 Å². The predicted octanol–water partition coefficient (Wildman–Crippen LogP) is 6.10. The highest BCUT2D eigenvalue weighted by Crippen LogP contribution is 2.41. The van der Waals surface area contributed by atoms with Crippen LogP contribution in [0.15, 0.2) is 24.3 Å². The quantitative estimate of drug-likeness (QED) is 0.234. The summed E-state index contributed by atoms with van der Waals surface area (Å²) in [6, 6.07) is 8.03. The normalized spacial score (nSPS) is 20.6. The molecule has 2 fully saturated rings. The zero-order valence-corrected chi connectivity index (χ0v) is 26.0. The highest BCUT2D eigenvalue weighted by molar-refractivity contribution is 6.30. The van der Waals surface area contributed by atoms with Crippen molar-refractivity contribution in [3.8, 4) is 0 Å². The zero-order valence-electron chi connectivity index (χ0n) is 25.3. The van der Waals surface area contributed by atoms with E-state index in [1.165, 1.54) is 32.1 Å². The number of nitrogens with one attached hydrogen (secondary N) is 3. The molecule has 0 unspecified atom stereocenters. The van der Waals surface area contributed by atoms with E-state index in [9.17, 15) is 9.59 Å². The summed E-state index contributed by atoms with van der Waals surface area (Å²) in [6.07, 6.45) is 11.9. The van der Waals surface area contributed by atoms with E-state index in [0.717, 1.165) is 57.2 Å². The maximum atomic E-state index is 13.7. The predicted molar refractivity (Wildman–Crippen MR) is 164 cm³/mol. The van der Waals surface area contributed by atoms with Crippen LogP contribution in [0.3, 0.4) is 0 Å². The summed E-state index contributed by atoms with van der Waals surface area (Å²) in [4.78, 5) is 29.0. The third-order valence-corrected chi connectivity index (χ3v) is 9.14. The summed E-state index contributed by atoms with van der Waals surface area (Å²) in [5.41, 5.74) is 0.398. The molecular formula is C32H53ClN4O3. The number of likely N-dealkylation sites (tertiary alicyclic amines) is 1. The van der Waals surface area contributed by atoms with E-state index in [1.54, 1.807) is 7.11 Å². The summed E-state index contributed by atoms with van der Waals surface area (Å²) in [7, 11) is 3.68. The van der Waals surface area contributed by atoms with Crippen molar-refractivity contribution < 1.29 is 14.3 Å². The lowest BCUT2D eigenvalue weighted by Crippen LogP contribution is -2.59. The lowest BCUT2D eigenvalue weighted by molar-refractivity contribution is -0.127. The lowest BCUT2D eigenvalue weighted by atomic mass is 9.71. The van der Waals surface area contributed by atoms with Gasteiger partial charge < -0.3 is 25.6 Å². The Labute approximate surface area is 247 Å². The molecule has 0 spiro atoms. The van der Waals surface area contributed by atoms with Crippen molar-refractivity contribution in [1.29, 1.82) is 0 Å². The maximum Gasteiger partial charge on any atom is 0.317 e. The molecule has 1 saturated heterocycles. The molecule has 0 radical (unpaired) electrons. The number of methoxy groups -OCH3 is 1. The molecule has 2 aliphatic rings. The number of carbonyl (C=O) groups is 2. The summed E-state index contributed by atoms with van der Waals surface area (Å²) in [6.45, 7) is 6.63. The Morgan fingerprint density at radius 2 is 1.90 bits per heavy atom. The molecule has 3 rings (SSSR count). The van der Waals surface area contributed by atoms with Crippen LogP contribution in [0.25, 0.3) is 0 Å². The summed E-state index contributed by atoms with van der Waals surface area (Å²) >= 11 is 6.51. The molecular weight excluding hydrogens is 524 g/mol. The van der Waals surface area contributed by atoms with Crippen LogP contribution in [-0.4, -0.2) is 63.3 Å². The van der Waals surface area contributed by atoms with Gasteiger partial charge in [-0.1, -0.05) is 69.7 Å².